The van der Waals surface area contributed by atoms with Crippen molar-refractivity contribution in [1.82, 2.24) is 15.3 Å². The predicted molar refractivity (Wildman–Crippen MR) is 72.8 cm³/mol. The van der Waals surface area contributed by atoms with Crippen LogP contribution < -0.4 is 10.6 Å². The van der Waals surface area contributed by atoms with Crippen LogP contribution in [0.1, 0.15) is 32.5 Å². The summed E-state index contributed by atoms with van der Waals surface area (Å²) < 4.78 is 0. The number of aryl methyl sites for hydroxylation is 1. The number of amides is 1. The second-order valence-corrected chi connectivity index (χ2v) is 4.26. The van der Waals surface area contributed by atoms with Crippen molar-refractivity contribution in [3.8, 4) is 0 Å². The summed E-state index contributed by atoms with van der Waals surface area (Å²) >= 11 is 5.91. The van der Waals surface area contributed by atoms with Gasteiger partial charge < -0.3 is 10.6 Å². The fourth-order valence-electron chi connectivity index (χ4n) is 1.48. The fourth-order valence-corrected chi connectivity index (χ4v) is 1.68. The molecule has 1 heterocycles. The number of nitrogens with zero attached hydrogens (tertiary/aromatic N) is 2. The van der Waals surface area contributed by atoms with Gasteiger partial charge in [-0.3, -0.25) is 4.79 Å². The number of carbonyl (C=O) groups excluding carboxylic acids is 1. The predicted octanol–water partition coefficient (Wildman–Crippen LogP) is 2.02. The molecule has 100 valence electrons. The van der Waals surface area contributed by atoms with Gasteiger partial charge in [0, 0.05) is 32.0 Å². The van der Waals surface area contributed by atoms with E-state index in [1.807, 2.05) is 6.92 Å². The zero-order chi connectivity index (χ0) is 13.4. The van der Waals surface area contributed by atoms with E-state index in [2.05, 4.69) is 27.5 Å². The van der Waals surface area contributed by atoms with E-state index in [1.54, 1.807) is 6.07 Å². The third-order valence-corrected chi connectivity index (χ3v) is 2.44. The van der Waals surface area contributed by atoms with Crippen LogP contribution in [-0.4, -0.2) is 29.0 Å². The highest BCUT2D eigenvalue weighted by atomic mass is 35.5. The highest BCUT2D eigenvalue weighted by Crippen LogP contribution is 2.12. The minimum Gasteiger partial charge on any atom is -0.369 e. The minimum atomic E-state index is 0.0268. The number of nitrogens with one attached hydrogen (secondary N) is 2. The number of halogens is 1. The van der Waals surface area contributed by atoms with Crippen molar-refractivity contribution in [3.05, 3.63) is 17.0 Å². The monoisotopic (exact) mass is 270 g/mol. The summed E-state index contributed by atoms with van der Waals surface area (Å²) in [6, 6.07) is 1.67. The molecule has 0 atom stereocenters. The summed E-state index contributed by atoms with van der Waals surface area (Å²) in [6.45, 7) is 5.14. The lowest BCUT2D eigenvalue weighted by Gasteiger charge is -2.07. The lowest BCUT2D eigenvalue weighted by molar-refractivity contribution is -0.120. The molecule has 2 N–H and O–H groups in total. The molecule has 0 fully saturated rings. The van der Waals surface area contributed by atoms with Crippen LogP contribution in [0, 0.1) is 0 Å². The van der Waals surface area contributed by atoms with E-state index in [1.165, 1.54) is 0 Å². The molecule has 0 aromatic carbocycles. The maximum absolute atomic E-state index is 11.3. The highest BCUT2D eigenvalue weighted by Gasteiger charge is 2.03. The lowest BCUT2D eigenvalue weighted by Crippen LogP contribution is -2.24. The molecular formula is C12H19ClN4O. The molecule has 0 bridgehead atoms. The molecule has 1 aromatic heterocycles. The molecule has 0 aliphatic heterocycles. The minimum absolute atomic E-state index is 0.0268. The van der Waals surface area contributed by atoms with Gasteiger partial charge in [0.2, 0.25) is 5.91 Å². The van der Waals surface area contributed by atoms with Gasteiger partial charge in [-0.25, -0.2) is 9.97 Å². The number of rotatable bonds is 7. The Morgan fingerprint density at radius 1 is 1.39 bits per heavy atom. The largest absolute Gasteiger partial charge is 0.369 e. The standard InChI is InChI=1S/C12H19ClN4O/c1-3-5-10-16-9(13)8-11(17-10)15-7-6-12(18)14-4-2/h8H,3-7H2,1-2H3,(H,14,18)(H,15,16,17). The molecule has 0 aliphatic rings. The molecular weight excluding hydrogens is 252 g/mol. The average Bonchev–Trinajstić information content (AvgIpc) is 2.29. The maximum Gasteiger partial charge on any atom is 0.221 e. The molecule has 18 heavy (non-hydrogen) atoms. The van der Waals surface area contributed by atoms with Crippen molar-refractivity contribution >= 4 is 23.3 Å². The zero-order valence-corrected chi connectivity index (χ0v) is 11.5. The van der Waals surface area contributed by atoms with Crippen LogP contribution in [0.5, 0.6) is 0 Å². The number of carbonyl (C=O) groups is 1. The highest BCUT2D eigenvalue weighted by molar-refractivity contribution is 6.29. The normalized spacial score (nSPS) is 10.2. The van der Waals surface area contributed by atoms with Crippen LogP contribution in [0.25, 0.3) is 0 Å². The first kappa shape index (κ1) is 14.7. The smallest absolute Gasteiger partial charge is 0.221 e. The Bertz CT molecular complexity index is 398. The van der Waals surface area contributed by atoms with E-state index in [0.717, 1.165) is 18.7 Å². The van der Waals surface area contributed by atoms with Crippen molar-refractivity contribution in [2.24, 2.45) is 0 Å². The second kappa shape index (κ2) is 7.87. The quantitative estimate of drug-likeness (QED) is 0.744. The summed E-state index contributed by atoms with van der Waals surface area (Å²) in [7, 11) is 0. The zero-order valence-electron chi connectivity index (χ0n) is 10.8. The Kier molecular flexibility index (Phi) is 6.43. The average molecular weight is 271 g/mol. The van der Waals surface area contributed by atoms with E-state index in [9.17, 15) is 4.79 Å². The molecule has 0 saturated carbocycles. The molecule has 0 unspecified atom stereocenters. The van der Waals surface area contributed by atoms with E-state index in [-0.39, 0.29) is 5.91 Å². The Balaban J connectivity index is 2.48. The Morgan fingerprint density at radius 3 is 2.83 bits per heavy atom. The van der Waals surface area contributed by atoms with E-state index in [4.69, 9.17) is 11.6 Å². The Labute approximate surface area is 112 Å². The molecule has 0 saturated heterocycles. The summed E-state index contributed by atoms with van der Waals surface area (Å²) in [5, 5.41) is 6.24. The number of anilines is 1. The Hall–Kier alpha value is -1.36. The summed E-state index contributed by atoms with van der Waals surface area (Å²) in [5.41, 5.74) is 0. The SMILES string of the molecule is CCCc1nc(Cl)cc(NCCC(=O)NCC)n1. The molecule has 1 amide bonds. The van der Waals surface area contributed by atoms with Gasteiger partial charge in [-0.2, -0.15) is 0 Å². The van der Waals surface area contributed by atoms with Gasteiger partial charge in [0.15, 0.2) is 0 Å². The number of hydrogen-bond acceptors (Lipinski definition) is 4. The van der Waals surface area contributed by atoms with E-state index >= 15 is 0 Å². The topological polar surface area (TPSA) is 66.9 Å². The van der Waals surface area contributed by atoms with Crippen molar-refractivity contribution in [1.29, 1.82) is 0 Å². The molecule has 1 rings (SSSR count). The lowest BCUT2D eigenvalue weighted by atomic mass is 10.3. The molecule has 6 heteroatoms. The van der Waals surface area contributed by atoms with Gasteiger partial charge in [0.25, 0.3) is 0 Å². The summed E-state index contributed by atoms with van der Waals surface area (Å²) in [4.78, 5) is 19.7. The van der Waals surface area contributed by atoms with E-state index < -0.39 is 0 Å². The van der Waals surface area contributed by atoms with Crippen LogP contribution in [0.4, 0.5) is 5.82 Å². The van der Waals surface area contributed by atoms with Crippen LogP contribution in [0.15, 0.2) is 6.07 Å². The first-order valence-corrected chi connectivity index (χ1v) is 6.57. The molecule has 0 spiro atoms. The summed E-state index contributed by atoms with van der Waals surface area (Å²) in [6.07, 6.45) is 2.18. The summed E-state index contributed by atoms with van der Waals surface area (Å²) in [5.74, 6) is 1.42. The Morgan fingerprint density at radius 2 is 2.17 bits per heavy atom. The second-order valence-electron chi connectivity index (χ2n) is 3.87. The van der Waals surface area contributed by atoms with Crippen molar-refractivity contribution in [2.45, 2.75) is 33.1 Å². The van der Waals surface area contributed by atoms with Gasteiger partial charge in [-0.05, 0) is 13.3 Å². The van der Waals surface area contributed by atoms with Crippen LogP contribution in [0.2, 0.25) is 5.15 Å². The van der Waals surface area contributed by atoms with Crippen LogP contribution in [0.3, 0.4) is 0 Å². The van der Waals surface area contributed by atoms with Gasteiger partial charge in [0.1, 0.15) is 16.8 Å². The first-order valence-electron chi connectivity index (χ1n) is 6.19. The fraction of sp³-hybridized carbons (Fsp3) is 0.583. The third kappa shape index (κ3) is 5.31. The van der Waals surface area contributed by atoms with Crippen LogP contribution >= 0.6 is 11.6 Å². The van der Waals surface area contributed by atoms with Gasteiger partial charge >= 0.3 is 0 Å². The molecule has 1 aromatic rings. The van der Waals surface area contributed by atoms with Gasteiger partial charge in [0.05, 0.1) is 0 Å². The van der Waals surface area contributed by atoms with Gasteiger partial charge in [-0.15, -0.1) is 0 Å². The van der Waals surface area contributed by atoms with Crippen molar-refractivity contribution in [2.75, 3.05) is 18.4 Å². The number of aromatic nitrogens is 2. The van der Waals surface area contributed by atoms with E-state index in [0.29, 0.717) is 30.5 Å². The number of hydrogen-bond donors (Lipinski definition) is 2. The first-order chi connectivity index (χ1) is 8.65. The molecule has 0 aliphatic carbocycles. The molecule has 0 radical (unpaired) electrons. The van der Waals surface area contributed by atoms with Crippen molar-refractivity contribution in [3.63, 3.8) is 0 Å². The van der Waals surface area contributed by atoms with Gasteiger partial charge in [-0.1, -0.05) is 18.5 Å². The van der Waals surface area contributed by atoms with Crippen molar-refractivity contribution < 1.29 is 4.79 Å². The van der Waals surface area contributed by atoms with Crippen LogP contribution in [-0.2, 0) is 11.2 Å². The third-order valence-electron chi connectivity index (χ3n) is 2.25. The maximum atomic E-state index is 11.3. The molecule has 5 nitrogen and oxygen atoms in total.